The minimum atomic E-state index is -0.958. The molecule has 0 bridgehead atoms. The average Bonchev–Trinajstić information content (AvgIpc) is 2.47. The van der Waals surface area contributed by atoms with Crippen molar-refractivity contribution in [2.45, 2.75) is 19.9 Å². The molecule has 5 heteroatoms. The average molecular weight is 287 g/mol. The van der Waals surface area contributed by atoms with Crippen molar-refractivity contribution in [2.24, 2.45) is 0 Å². The smallest absolute Gasteiger partial charge is 0.335 e. The number of aryl methyl sites for hydroxylation is 2. The summed E-state index contributed by atoms with van der Waals surface area (Å²) in [5, 5.41) is 8.79. The van der Waals surface area contributed by atoms with Crippen LogP contribution in [0.1, 0.15) is 22.3 Å². The number of nitrogens with zero attached hydrogens (tertiary/aromatic N) is 1. The summed E-state index contributed by atoms with van der Waals surface area (Å²) < 4.78 is 7.18. The third-order valence-electron chi connectivity index (χ3n) is 3.04. The molecule has 0 amide bonds. The molecule has 1 heterocycles. The standard InChI is InChI=1S/C16H17NO4/c1-12-3-8-15(18)17(11-12)9-2-10-21-14-6-4-13(5-7-14)16(19)20/h3-8,11H,2,9-10H2,1H3,(H,19,20). The van der Waals surface area contributed by atoms with E-state index in [0.717, 1.165) is 5.56 Å². The van der Waals surface area contributed by atoms with Crippen LogP contribution in [-0.2, 0) is 6.54 Å². The first-order valence-electron chi connectivity index (χ1n) is 6.69. The van der Waals surface area contributed by atoms with Gasteiger partial charge in [0.1, 0.15) is 5.75 Å². The Bertz CT molecular complexity index is 673. The van der Waals surface area contributed by atoms with E-state index < -0.39 is 5.97 Å². The van der Waals surface area contributed by atoms with Crippen molar-refractivity contribution in [1.29, 1.82) is 0 Å². The van der Waals surface area contributed by atoms with Gasteiger partial charge in [0.15, 0.2) is 0 Å². The van der Waals surface area contributed by atoms with Gasteiger partial charge in [-0.3, -0.25) is 4.79 Å². The maximum absolute atomic E-state index is 11.6. The number of benzene rings is 1. The SMILES string of the molecule is Cc1ccc(=O)n(CCCOc2ccc(C(=O)O)cc2)c1. The Morgan fingerprint density at radius 2 is 1.90 bits per heavy atom. The predicted octanol–water partition coefficient (Wildman–Crippen LogP) is 2.32. The van der Waals surface area contributed by atoms with Gasteiger partial charge in [0, 0.05) is 18.8 Å². The lowest BCUT2D eigenvalue weighted by atomic mass is 10.2. The third-order valence-corrected chi connectivity index (χ3v) is 3.04. The monoisotopic (exact) mass is 287 g/mol. The number of aromatic nitrogens is 1. The summed E-state index contributed by atoms with van der Waals surface area (Å²) in [5.74, 6) is -0.336. The highest BCUT2D eigenvalue weighted by molar-refractivity contribution is 5.87. The van der Waals surface area contributed by atoms with Gasteiger partial charge in [-0.15, -0.1) is 0 Å². The molecule has 0 saturated carbocycles. The highest BCUT2D eigenvalue weighted by Crippen LogP contribution is 2.12. The lowest BCUT2D eigenvalue weighted by Gasteiger charge is -2.08. The van der Waals surface area contributed by atoms with Gasteiger partial charge in [-0.1, -0.05) is 6.07 Å². The molecule has 0 saturated heterocycles. The van der Waals surface area contributed by atoms with Gasteiger partial charge in [0.25, 0.3) is 5.56 Å². The Morgan fingerprint density at radius 1 is 1.19 bits per heavy atom. The molecular formula is C16H17NO4. The molecule has 1 aromatic carbocycles. The molecule has 2 rings (SSSR count). The van der Waals surface area contributed by atoms with E-state index in [1.807, 2.05) is 13.1 Å². The van der Waals surface area contributed by atoms with Crippen LogP contribution >= 0.6 is 0 Å². The highest BCUT2D eigenvalue weighted by Gasteiger charge is 2.02. The minimum Gasteiger partial charge on any atom is -0.494 e. The van der Waals surface area contributed by atoms with Crippen LogP contribution in [0.25, 0.3) is 0 Å². The van der Waals surface area contributed by atoms with Crippen molar-refractivity contribution >= 4 is 5.97 Å². The van der Waals surface area contributed by atoms with Gasteiger partial charge in [0.2, 0.25) is 0 Å². The van der Waals surface area contributed by atoms with Crippen LogP contribution in [0, 0.1) is 6.92 Å². The number of hydrogen-bond donors (Lipinski definition) is 1. The van der Waals surface area contributed by atoms with Crippen LogP contribution in [-0.4, -0.2) is 22.2 Å². The van der Waals surface area contributed by atoms with Gasteiger partial charge in [-0.05, 0) is 43.2 Å². The van der Waals surface area contributed by atoms with Crippen LogP contribution in [0.3, 0.4) is 0 Å². The number of pyridine rings is 1. The van der Waals surface area contributed by atoms with Crippen molar-refractivity contribution in [3.8, 4) is 5.75 Å². The molecule has 0 atom stereocenters. The molecule has 1 aromatic heterocycles. The number of carboxylic acid groups (broad SMARTS) is 1. The molecule has 0 aliphatic rings. The summed E-state index contributed by atoms with van der Waals surface area (Å²) >= 11 is 0. The fourth-order valence-corrected chi connectivity index (χ4v) is 1.94. The number of rotatable bonds is 6. The zero-order valence-electron chi connectivity index (χ0n) is 11.8. The molecule has 0 aliphatic heterocycles. The molecular weight excluding hydrogens is 270 g/mol. The molecule has 0 fully saturated rings. The van der Waals surface area contributed by atoms with E-state index in [2.05, 4.69) is 0 Å². The van der Waals surface area contributed by atoms with Crippen LogP contribution in [0.15, 0.2) is 47.4 Å². The van der Waals surface area contributed by atoms with E-state index >= 15 is 0 Å². The summed E-state index contributed by atoms with van der Waals surface area (Å²) in [6, 6.07) is 9.61. The van der Waals surface area contributed by atoms with E-state index in [9.17, 15) is 9.59 Å². The summed E-state index contributed by atoms with van der Waals surface area (Å²) in [6.07, 6.45) is 2.52. The first-order chi connectivity index (χ1) is 10.1. The van der Waals surface area contributed by atoms with Crippen LogP contribution in [0.2, 0.25) is 0 Å². The van der Waals surface area contributed by atoms with Gasteiger partial charge in [0.05, 0.1) is 12.2 Å². The van der Waals surface area contributed by atoms with Crippen molar-refractivity contribution in [3.05, 3.63) is 64.1 Å². The van der Waals surface area contributed by atoms with Crippen LogP contribution < -0.4 is 10.3 Å². The Labute approximate surface area is 122 Å². The molecule has 110 valence electrons. The van der Waals surface area contributed by atoms with Crippen molar-refractivity contribution in [3.63, 3.8) is 0 Å². The largest absolute Gasteiger partial charge is 0.494 e. The summed E-state index contributed by atoms with van der Waals surface area (Å²) in [7, 11) is 0. The van der Waals surface area contributed by atoms with Gasteiger partial charge < -0.3 is 14.4 Å². The minimum absolute atomic E-state index is 0.0218. The second kappa shape index (κ2) is 6.74. The Morgan fingerprint density at radius 3 is 2.57 bits per heavy atom. The molecule has 1 N–H and O–H groups in total. The quantitative estimate of drug-likeness (QED) is 0.828. The predicted molar refractivity (Wildman–Crippen MR) is 79.0 cm³/mol. The highest BCUT2D eigenvalue weighted by atomic mass is 16.5. The fraction of sp³-hybridized carbons (Fsp3) is 0.250. The number of carboxylic acids is 1. The first kappa shape index (κ1) is 14.8. The third kappa shape index (κ3) is 4.21. The molecule has 5 nitrogen and oxygen atoms in total. The lowest BCUT2D eigenvalue weighted by molar-refractivity contribution is 0.0697. The van der Waals surface area contributed by atoms with Crippen molar-refractivity contribution in [1.82, 2.24) is 4.57 Å². The summed E-state index contributed by atoms with van der Waals surface area (Å²) in [5.41, 5.74) is 1.25. The Hall–Kier alpha value is -2.56. The van der Waals surface area contributed by atoms with Gasteiger partial charge in [-0.2, -0.15) is 0 Å². The van der Waals surface area contributed by atoms with Gasteiger partial charge >= 0.3 is 5.97 Å². The van der Waals surface area contributed by atoms with E-state index in [1.165, 1.54) is 12.1 Å². The normalized spacial score (nSPS) is 10.3. The zero-order valence-corrected chi connectivity index (χ0v) is 11.8. The number of hydrogen-bond acceptors (Lipinski definition) is 3. The lowest BCUT2D eigenvalue weighted by Crippen LogP contribution is -2.19. The van der Waals surface area contributed by atoms with E-state index in [4.69, 9.17) is 9.84 Å². The topological polar surface area (TPSA) is 68.5 Å². The molecule has 0 radical (unpaired) electrons. The van der Waals surface area contributed by atoms with E-state index in [0.29, 0.717) is 25.3 Å². The maximum Gasteiger partial charge on any atom is 0.335 e. The second-order valence-corrected chi connectivity index (χ2v) is 4.77. The van der Waals surface area contributed by atoms with Crippen molar-refractivity contribution in [2.75, 3.05) is 6.61 Å². The summed E-state index contributed by atoms with van der Waals surface area (Å²) in [6.45, 7) is 3.00. The molecule has 2 aromatic rings. The molecule has 0 unspecified atom stereocenters. The van der Waals surface area contributed by atoms with E-state index in [1.54, 1.807) is 28.8 Å². The second-order valence-electron chi connectivity index (χ2n) is 4.77. The van der Waals surface area contributed by atoms with Gasteiger partial charge in [-0.25, -0.2) is 4.79 Å². The Balaban J connectivity index is 1.83. The Kier molecular flexibility index (Phi) is 4.77. The maximum atomic E-state index is 11.6. The van der Waals surface area contributed by atoms with Crippen LogP contribution in [0.4, 0.5) is 0 Å². The first-order valence-corrected chi connectivity index (χ1v) is 6.69. The molecule has 0 spiro atoms. The number of ether oxygens (including phenoxy) is 1. The molecule has 0 aliphatic carbocycles. The van der Waals surface area contributed by atoms with Crippen LogP contribution in [0.5, 0.6) is 5.75 Å². The van der Waals surface area contributed by atoms with Crippen molar-refractivity contribution < 1.29 is 14.6 Å². The number of aromatic carboxylic acids is 1. The fourth-order valence-electron chi connectivity index (χ4n) is 1.94. The number of carbonyl (C=O) groups is 1. The molecule has 21 heavy (non-hydrogen) atoms. The summed E-state index contributed by atoms with van der Waals surface area (Å²) in [4.78, 5) is 22.3. The van der Waals surface area contributed by atoms with E-state index in [-0.39, 0.29) is 11.1 Å². The zero-order chi connectivity index (χ0) is 15.2.